The van der Waals surface area contributed by atoms with Gasteiger partial charge in [-0.25, -0.2) is 13.4 Å². The lowest BCUT2D eigenvalue weighted by Crippen LogP contribution is -2.27. The fourth-order valence-corrected chi connectivity index (χ4v) is 1.78. The molecule has 0 atom stereocenters. The van der Waals surface area contributed by atoms with Crippen molar-refractivity contribution in [3.63, 3.8) is 0 Å². The maximum absolute atomic E-state index is 11.2. The first-order valence-corrected chi connectivity index (χ1v) is 7.47. The number of aromatic nitrogens is 1. The van der Waals surface area contributed by atoms with Crippen molar-refractivity contribution in [3.8, 4) is 5.88 Å². The second kappa shape index (κ2) is 6.55. The molecular formula is C11H19N3O3S. The number of hydrogen-bond donors (Lipinski definition) is 2. The average molecular weight is 274 g/mol. The first kappa shape index (κ1) is 13.1. The van der Waals surface area contributed by atoms with Crippen LogP contribution in [0.4, 0.5) is 5.69 Å². The molecule has 18 heavy (non-hydrogen) atoms. The Labute approximate surface area is 109 Å². The highest BCUT2D eigenvalue weighted by Crippen LogP contribution is 2.21. The minimum absolute atomic E-state index is 0.110. The fourth-order valence-electron chi connectivity index (χ4n) is 1.23. The number of rotatable bonds is 7. The second-order valence-corrected chi connectivity index (χ2v) is 5.87. The molecule has 0 aliphatic carbocycles. The van der Waals surface area contributed by atoms with Crippen molar-refractivity contribution in [1.29, 1.82) is 0 Å². The summed E-state index contributed by atoms with van der Waals surface area (Å²) in [6, 6.07) is 1.82. The second-order valence-electron chi connectivity index (χ2n) is 4.12. The third-order valence-electron chi connectivity index (χ3n) is 1.90. The van der Waals surface area contributed by atoms with Gasteiger partial charge in [0.2, 0.25) is 15.9 Å². The van der Waals surface area contributed by atoms with E-state index in [9.17, 15) is 8.42 Å². The minimum Gasteiger partial charge on any atom is -0.475 e. The lowest BCUT2D eigenvalue weighted by atomic mass is 10.4. The van der Waals surface area contributed by atoms with Gasteiger partial charge in [0.05, 0.1) is 7.63 Å². The number of anilines is 1. The highest BCUT2D eigenvalue weighted by Gasteiger charge is 2.09. The molecular weight excluding hydrogens is 254 g/mol. The molecule has 0 aliphatic heterocycles. The molecule has 0 unspecified atom stereocenters. The first-order valence-electron chi connectivity index (χ1n) is 6.08. The molecule has 1 aromatic heterocycles. The van der Waals surface area contributed by atoms with Crippen molar-refractivity contribution in [2.45, 2.75) is 19.9 Å². The van der Waals surface area contributed by atoms with E-state index in [-0.39, 0.29) is 17.6 Å². The highest BCUT2D eigenvalue weighted by molar-refractivity contribution is 7.92. The van der Waals surface area contributed by atoms with Crippen molar-refractivity contribution >= 4 is 15.7 Å². The Morgan fingerprint density at radius 1 is 1.56 bits per heavy atom. The molecule has 102 valence electrons. The van der Waals surface area contributed by atoms with Gasteiger partial charge in [-0.1, -0.05) is 13.8 Å². The predicted octanol–water partition coefficient (Wildman–Crippen LogP) is 0.830. The van der Waals surface area contributed by atoms with Gasteiger partial charge >= 0.3 is 0 Å². The zero-order valence-electron chi connectivity index (χ0n) is 11.7. The molecule has 6 nitrogen and oxygen atoms in total. The molecule has 0 bridgehead atoms. The van der Waals surface area contributed by atoms with E-state index >= 15 is 0 Å². The van der Waals surface area contributed by atoms with E-state index in [1.165, 1.54) is 12.3 Å². The standard InChI is InChI=1S/C11H19N3O3S/c1-9(2)12-7-8-17-11-10(5-4-6-13-11)14-18(3,15)16/h4-6,9,12,14H,7-8H2,1-3H3/i4D. The monoisotopic (exact) mass is 274 g/mol. The smallest absolute Gasteiger partial charge is 0.238 e. The van der Waals surface area contributed by atoms with Gasteiger partial charge < -0.3 is 10.1 Å². The first-order chi connectivity index (χ1) is 8.78. The molecule has 7 heteroatoms. The Morgan fingerprint density at radius 2 is 2.28 bits per heavy atom. The van der Waals surface area contributed by atoms with Gasteiger partial charge in [0.1, 0.15) is 12.3 Å². The number of nitrogens with one attached hydrogen (secondary N) is 2. The Kier molecular flexibility index (Phi) is 4.77. The lowest BCUT2D eigenvalue weighted by molar-refractivity contribution is 0.299. The van der Waals surface area contributed by atoms with Crippen molar-refractivity contribution < 1.29 is 14.5 Å². The van der Waals surface area contributed by atoms with Crippen LogP contribution in [0.25, 0.3) is 0 Å². The van der Waals surface area contributed by atoms with Gasteiger partial charge in [0, 0.05) is 18.8 Å². The molecule has 0 saturated carbocycles. The maximum atomic E-state index is 11.2. The molecule has 0 fully saturated rings. The lowest BCUT2D eigenvalue weighted by Gasteiger charge is -2.12. The summed E-state index contributed by atoms with van der Waals surface area (Å²) in [5.41, 5.74) is 0.180. The molecule has 0 aromatic carbocycles. The summed E-state index contributed by atoms with van der Waals surface area (Å²) >= 11 is 0. The topological polar surface area (TPSA) is 80.3 Å². The normalized spacial score (nSPS) is 12.3. The Bertz CT molecular complexity index is 520. The summed E-state index contributed by atoms with van der Waals surface area (Å²) in [6.07, 6.45) is 2.34. The van der Waals surface area contributed by atoms with Crippen LogP contribution in [0.3, 0.4) is 0 Å². The van der Waals surface area contributed by atoms with Crippen molar-refractivity contribution in [1.82, 2.24) is 10.3 Å². The molecule has 1 rings (SSSR count). The molecule has 0 radical (unpaired) electrons. The Morgan fingerprint density at radius 3 is 2.89 bits per heavy atom. The number of hydrogen-bond acceptors (Lipinski definition) is 5. The zero-order valence-corrected chi connectivity index (χ0v) is 11.5. The molecule has 0 saturated heterocycles. The van der Waals surface area contributed by atoms with E-state index in [1.54, 1.807) is 0 Å². The SMILES string of the molecule is [2H]c1cnc(OCCNC(C)C)c(NS(C)(=O)=O)c1. The van der Waals surface area contributed by atoms with E-state index in [1.807, 2.05) is 13.8 Å². The van der Waals surface area contributed by atoms with E-state index in [0.29, 0.717) is 19.2 Å². The van der Waals surface area contributed by atoms with E-state index < -0.39 is 10.0 Å². The third kappa shape index (κ3) is 5.83. The van der Waals surface area contributed by atoms with Crippen LogP contribution >= 0.6 is 0 Å². The Balaban J connectivity index is 2.71. The van der Waals surface area contributed by atoms with Crippen LogP contribution < -0.4 is 14.8 Å². The van der Waals surface area contributed by atoms with E-state index in [0.717, 1.165) is 6.26 Å². The third-order valence-corrected chi connectivity index (χ3v) is 2.49. The highest BCUT2D eigenvalue weighted by atomic mass is 32.2. The molecule has 0 aliphatic rings. The van der Waals surface area contributed by atoms with Gasteiger partial charge in [-0.2, -0.15) is 0 Å². The molecule has 0 spiro atoms. The number of sulfonamides is 1. The van der Waals surface area contributed by atoms with Crippen LogP contribution in [0.2, 0.25) is 0 Å². The van der Waals surface area contributed by atoms with Crippen LogP contribution in [0.1, 0.15) is 15.2 Å². The Hall–Kier alpha value is -1.34. The summed E-state index contributed by atoms with van der Waals surface area (Å²) < 4.78 is 37.6. The van der Waals surface area contributed by atoms with Crippen molar-refractivity contribution in [2.24, 2.45) is 0 Å². The van der Waals surface area contributed by atoms with Crippen LogP contribution in [-0.4, -0.2) is 38.9 Å². The quantitative estimate of drug-likeness (QED) is 0.720. The molecule has 1 aromatic rings. The van der Waals surface area contributed by atoms with Crippen LogP contribution in [-0.2, 0) is 10.0 Å². The van der Waals surface area contributed by atoms with Gasteiger partial charge in [-0.15, -0.1) is 0 Å². The van der Waals surface area contributed by atoms with Gasteiger partial charge in [-0.3, -0.25) is 4.72 Å². The number of ether oxygens (including phenoxy) is 1. The zero-order chi connectivity index (χ0) is 14.5. The van der Waals surface area contributed by atoms with Crippen molar-refractivity contribution in [2.75, 3.05) is 24.1 Å². The predicted molar refractivity (Wildman–Crippen MR) is 71.3 cm³/mol. The minimum atomic E-state index is -3.43. The van der Waals surface area contributed by atoms with Gasteiger partial charge in [0.15, 0.2) is 0 Å². The fraction of sp³-hybridized carbons (Fsp3) is 0.545. The maximum Gasteiger partial charge on any atom is 0.238 e. The van der Waals surface area contributed by atoms with Crippen LogP contribution in [0, 0.1) is 0 Å². The van der Waals surface area contributed by atoms with Crippen LogP contribution in [0.5, 0.6) is 5.88 Å². The average Bonchev–Trinajstić information content (AvgIpc) is 2.24. The van der Waals surface area contributed by atoms with Crippen LogP contribution in [0.15, 0.2) is 18.3 Å². The summed E-state index contributed by atoms with van der Waals surface area (Å²) in [5, 5.41) is 3.17. The van der Waals surface area contributed by atoms with Gasteiger partial charge in [-0.05, 0) is 12.1 Å². The van der Waals surface area contributed by atoms with E-state index in [2.05, 4.69) is 15.0 Å². The summed E-state index contributed by atoms with van der Waals surface area (Å²) in [6.45, 7) is 5.02. The number of nitrogens with zero attached hydrogens (tertiary/aromatic N) is 1. The summed E-state index contributed by atoms with van der Waals surface area (Å²) in [7, 11) is -3.43. The summed E-state index contributed by atoms with van der Waals surface area (Å²) in [4.78, 5) is 3.91. The van der Waals surface area contributed by atoms with Gasteiger partial charge in [0.25, 0.3) is 0 Å². The molecule has 1 heterocycles. The number of pyridine rings is 1. The molecule has 0 amide bonds. The van der Waals surface area contributed by atoms with E-state index in [4.69, 9.17) is 6.11 Å². The van der Waals surface area contributed by atoms with Crippen molar-refractivity contribution in [3.05, 3.63) is 18.3 Å². The largest absolute Gasteiger partial charge is 0.475 e. The summed E-state index contributed by atoms with van der Waals surface area (Å²) in [5.74, 6) is 0.173. The molecule has 2 N–H and O–H groups in total.